The molecule has 0 aliphatic carbocycles. The van der Waals surface area contributed by atoms with E-state index in [2.05, 4.69) is 20.9 Å². The molecule has 0 unspecified atom stereocenters. The normalized spacial score (nSPS) is 10.4. The van der Waals surface area contributed by atoms with Crippen molar-refractivity contribution in [1.29, 1.82) is 0 Å². The molecule has 0 aliphatic heterocycles. The molecular formula is C8H4BrNO2. The van der Waals surface area contributed by atoms with E-state index in [1.807, 2.05) is 0 Å². The van der Waals surface area contributed by atoms with Gasteiger partial charge < -0.3 is 4.42 Å². The van der Waals surface area contributed by atoms with Crippen molar-refractivity contribution in [3.63, 3.8) is 0 Å². The number of nitrogens with zero attached hydrogens (tertiary/aromatic N) is 1. The number of fused-ring (bicyclic) bond motifs is 1. The molecule has 0 atom stereocenters. The molecule has 0 bridgehead atoms. The molecule has 0 saturated heterocycles. The van der Waals surface area contributed by atoms with Gasteiger partial charge in [0.1, 0.15) is 10.1 Å². The lowest BCUT2D eigenvalue weighted by Crippen LogP contribution is -1.72. The maximum absolute atomic E-state index is 10.3. The minimum absolute atomic E-state index is 0.301. The number of halogens is 1. The van der Waals surface area contributed by atoms with Crippen LogP contribution in [-0.2, 0) is 0 Å². The summed E-state index contributed by atoms with van der Waals surface area (Å²) in [5, 5.41) is 0. The second-order valence-electron chi connectivity index (χ2n) is 2.28. The average molecular weight is 226 g/mol. The van der Waals surface area contributed by atoms with Gasteiger partial charge in [-0.15, -0.1) is 0 Å². The summed E-state index contributed by atoms with van der Waals surface area (Å²) in [5.41, 5.74) is 1.31. The summed E-state index contributed by atoms with van der Waals surface area (Å²) in [5.74, 6) is 0.301. The van der Waals surface area contributed by atoms with Gasteiger partial charge in [-0.1, -0.05) is 0 Å². The molecule has 0 aliphatic rings. The number of aromatic nitrogens is 1. The molecular weight excluding hydrogens is 222 g/mol. The molecule has 2 aromatic rings. The monoisotopic (exact) mass is 225 g/mol. The molecule has 0 fully saturated rings. The molecule has 0 amide bonds. The van der Waals surface area contributed by atoms with Crippen LogP contribution in [0.3, 0.4) is 0 Å². The Bertz CT molecular complexity index is 436. The van der Waals surface area contributed by atoms with Crippen molar-refractivity contribution in [2.75, 3.05) is 0 Å². The van der Waals surface area contributed by atoms with Gasteiger partial charge in [0, 0.05) is 6.07 Å². The summed E-state index contributed by atoms with van der Waals surface area (Å²) in [6.45, 7) is 0. The van der Waals surface area contributed by atoms with Gasteiger partial charge in [-0.05, 0) is 28.1 Å². The van der Waals surface area contributed by atoms with Crippen LogP contribution in [0.15, 0.2) is 27.2 Å². The number of carbonyl (C=O) groups excluding carboxylic acids is 1. The minimum atomic E-state index is 0.301. The second kappa shape index (κ2) is 2.71. The third kappa shape index (κ3) is 1.14. The molecule has 0 spiro atoms. The van der Waals surface area contributed by atoms with Crippen LogP contribution in [0.1, 0.15) is 10.6 Å². The first-order valence-corrected chi connectivity index (χ1v) is 4.10. The lowest BCUT2D eigenvalue weighted by Gasteiger charge is -1.86. The van der Waals surface area contributed by atoms with E-state index in [0.29, 0.717) is 23.1 Å². The first-order chi connectivity index (χ1) is 5.79. The fourth-order valence-corrected chi connectivity index (χ4v) is 1.30. The predicted octanol–water partition coefficient (Wildman–Crippen LogP) is 2.40. The zero-order chi connectivity index (χ0) is 8.55. The van der Waals surface area contributed by atoms with Crippen molar-refractivity contribution >= 4 is 33.3 Å². The fraction of sp³-hybridized carbons (Fsp3) is 0. The van der Waals surface area contributed by atoms with Gasteiger partial charge in [0.15, 0.2) is 17.6 Å². The van der Waals surface area contributed by atoms with Gasteiger partial charge in [0.2, 0.25) is 0 Å². The number of hydrogen-bond donors (Lipinski definition) is 0. The number of aldehydes is 1. The Morgan fingerprint density at radius 1 is 1.50 bits per heavy atom. The third-order valence-electron chi connectivity index (χ3n) is 1.47. The lowest BCUT2D eigenvalue weighted by atomic mass is 10.4. The van der Waals surface area contributed by atoms with Gasteiger partial charge in [0.05, 0.1) is 0 Å². The quantitative estimate of drug-likeness (QED) is 0.553. The number of carbonyl (C=O) groups is 1. The van der Waals surface area contributed by atoms with Crippen LogP contribution >= 0.6 is 15.9 Å². The largest absolute Gasteiger partial charge is 0.452 e. The number of hydrogen-bond acceptors (Lipinski definition) is 3. The topological polar surface area (TPSA) is 43.1 Å². The van der Waals surface area contributed by atoms with Crippen LogP contribution in [0.5, 0.6) is 0 Å². The predicted molar refractivity (Wildman–Crippen MR) is 47.1 cm³/mol. The van der Waals surface area contributed by atoms with E-state index < -0.39 is 0 Å². The van der Waals surface area contributed by atoms with Crippen LogP contribution < -0.4 is 0 Å². The molecule has 3 nitrogen and oxygen atoms in total. The van der Waals surface area contributed by atoms with E-state index in [1.54, 1.807) is 18.2 Å². The van der Waals surface area contributed by atoms with E-state index in [0.717, 1.165) is 4.60 Å². The number of rotatable bonds is 1. The van der Waals surface area contributed by atoms with Gasteiger partial charge in [-0.3, -0.25) is 4.79 Å². The van der Waals surface area contributed by atoms with Crippen LogP contribution in [0.25, 0.3) is 11.1 Å². The van der Waals surface area contributed by atoms with Gasteiger partial charge in [-0.25, -0.2) is 4.98 Å². The van der Waals surface area contributed by atoms with E-state index >= 15 is 0 Å². The molecule has 2 rings (SSSR count). The number of furan rings is 1. The first-order valence-electron chi connectivity index (χ1n) is 3.31. The van der Waals surface area contributed by atoms with Crippen LogP contribution in [0.4, 0.5) is 0 Å². The minimum Gasteiger partial charge on any atom is -0.452 e. The summed E-state index contributed by atoms with van der Waals surface area (Å²) in [6.07, 6.45) is 0.662. The first kappa shape index (κ1) is 7.49. The highest BCUT2D eigenvalue weighted by atomic mass is 79.9. The lowest BCUT2D eigenvalue weighted by molar-refractivity contribution is 0.110. The standard InChI is InChI=1S/C8H4BrNO2/c9-8-2-1-7-6(10-8)3-5(4-11)12-7/h1-4H. The Labute approximate surface area is 76.5 Å². The van der Waals surface area contributed by atoms with Gasteiger partial charge in [-0.2, -0.15) is 0 Å². The summed E-state index contributed by atoms with van der Waals surface area (Å²) in [7, 11) is 0. The highest BCUT2D eigenvalue weighted by molar-refractivity contribution is 9.10. The van der Waals surface area contributed by atoms with E-state index in [4.69, 9.17) is 4.42 Å². The Morgan fingerprint density at radius 2 is 2.33 bits per heavy atom. The summed E-state index contributed by atoms with van der Waals surface area (Å²) in [4.78, 5) is 14.4. The van der Waals surface area contributed by atoms with Crippen LogP contribution in [0, 0.1) is 0 Å². The van der Waals surface area contributed by atoms with E-state index in [-0.39, 0.29) is 0 Å². The fourth-order valence-electron chi connectivity index (χ4n) is 0.976. The Hall–Kier alpha value is -1.16. The molecule has 12 heavy (non-hydrogen) atoms. The maximum Gasteiger partial charge on any atom is 0.185 e. The smallest absolute Gasteiger partial charge is 0.185 e. The van der Waals surface area contributed by atoms with E-state index in [1.165, 1.54) is 0 Å². The Kier molecular flexibility index (Phi) is 1.69. The molecule has 0 aromatic carbocycles. The number of pyridine rings is 1. The molecule has 2 aromatic heterocycles. The molecule has 4 heteroatoms. The van der Waals surface area contributed by atoms with Crippen LogP contribution in [0.2, 0.25) is 0 Å². The van der Waals surface area contributed by atoms with Crippen molar-refractivity contribution < 1.29 is 9.21 Å². The molecule has 0 radical (unpaired) electrons. The average Bonchev–Trinajstić information content (AvgIpc) is 2.46. The summed E-state index contributed by atoms with van der Waals surface area (Å²) in [6, 6.07) is 5.13. The molecule has 60 valence electrons. The van der Waals surface area contributed by atoms with Crippen molar-refractivity contribution in [3.05, 3.63) is 28.6 Å². The van der Waals surface area contributed by atoms with Crippen LogP contribution in [-0.4, -0.2) is 11.3 Å². The Morgan fingerprint density at radius 3 is 3.08 bits per heavy atom. The Balaban J connectivity index is 2.75. The third-order valence-corrected chi connectivity index (χ3v) is 1.92. The summed E-state index contributed by atoms with van der Waals surface area (Å²) >= 11 is 3.22. The SMILES string of the molecule is O=Cc1cc2nc(Br)ccc2o1. The van der Waals surface area contributed by atoms with Gasteiger partial charge >= 0.3 is 0 Å². The zero-order valence-corrected chi connectivity index (χ0v) is 7.54. The maximum atomic E-state index is 10.3. The van der Waals surface area contributed by atoms with Crippen molar-refractivity contribution in [2.45, 2.75) is 0 Å². The van der Waals surface area contributed by atoms with Crippen molar-refractivity contribution in [1.82, 2.24) is 4.98 Å². The second-order valence-corrected chi connectivity index (χ2v) is 3.10. The van der Waals surface area contributed by atoms with Gasteiger partial charge in [0.25, 0.3) is 0 Å². The molecule has 2 heterocycles. The van der Waals surface area contributed by atoms with Crippen molar-refractivity contribution in [3.8, 4) is 0 Å². The van der Waals surface area contributed by atoms with E-state index in [9.17, 15) is 4.79 Å². The highest BCUT2D eigenvalue weighted by Gasteiger charge is 2.03. The van der Waals surface area contributed by atoms with Crippen molar-refractivity contribution in [2.24, 2.45) is 0 Å². The highest BCUT2D eigenvalue weighted by Crippen LogP contribution is 2.18. The summed E-state index contributed by atoms with van der Waals surface area (Å²) < 4.78 is 5.85. The molecule has 0 N–H and O–H groups in total. The molecule has 0 saturated carbocycles. The zero-order valence-electron chi connectivity index (χ0n) is 5.95.